The molecule has 1 aromatic heterocycles. The molecule has 0 saturated carbocycles. The Labute approximate surface area is 177 Å². The normalized spacial score (nSPS) is 15.4. The number of hydrogen-bond acceptors (Lipinski definition) is 4. The molecule has 164 valence electrons. The maximum atomic E-state index is 12.6. The first-order valence-electron chi connectivity index (χ1n) is 10.1. The highest BCUT2D eigenvalue weighted by molar-refractivity contribution is 5.77. The number of aromatic nitrogens is 2. The number of alkyl halides is 3. The Bertz CT molecular complexity index is 992. The first kappa shape index (κ1) is 21.2. The van der Waals surface area contributed by atoms with Crippen molar-refractivity contribution >= 4 is 16.9 Å². The highest BCUT2D eigenvalue weighted by Crippen LogP contribution is 2.23. The van der Waals surface area contributed by atoms with Gasteiger partial charge in [0.1, 0.15) is 11.6 Å². The fraction of sp³-hybridized carbons (Fsp3) is 0.364. The third-order valence-electron chi connectivity index (χ3n) is 5.30. The van der Waals surface area contributed by atoms with E-state index in [0.717, 1.165) is 35.5 Å². The van der Waals surface area contributed by atoms with Crippen molar-refractivity contribution in [2.24, 2.45) is 0 Å². The maximum absolute atomic E-state index is 12.6. The van der Waals surface area contributed by atoms with E-state index in [4.69, 9.17) is 0 Å². The summed E-state index contributed by atoms with van der Waals surface area (Å²) in [5.74, 6) is 0.691. The number of aromatic amines is 1. The molecule has 4 rings (SSSR count). The Kier molecular flexibility index (Phi) is 6.13. The fourth-order valence-corrected chi connectivity index (χ4v) is 3.72. The predicted octanol–water partition coefficient (Wildman–Crippen LogP) is 3.74. The number of fused-ring (bicyclic) bond motifs is 1. The maximum Gasteiger partial charge on any atom is 0.573 e. The number of ether oxygens (including phenoxy) is 1. The van der Waals surface area contributed by atoms with Gasteiger partial charge >= 0.3 is 6.36 Å². The molecule has 2 heterocycles. The molecule has 0 radical (unpaired) electrons. The zero-order valence-electron chi connectivity index (χ0n) is 16.9. The number of nitrogens with zero attached hydrogens (tertiary/aromatic N) is 3. The zero-order valence-corrected chi connectivity index (χ0v) is 16.9. The Morgan fingerprint density at radius 1 is 1.03 bits per heavy atom. The molecule has 1 N–H and O–H groups in total. The van der Waals surface area contributed by atoms with Gasteiger partial charge in [-0.15, -0.1) is 13.2 Å². The van der Waals surface area contributed by atoms with Crippen molar-refractivity contribution in [2.75, 3.05) is 26.2 Å². The number of carbonyl (C=O) groups excluding carboxylic acids is 1. The number of nitrogens with one attached hydrogen (secondary N) is 1. The topological polar surface area (TPSA) is 61.5 Å². The number of imidazole rings is 1. The van der Waals surface area contributed by atoms with Gasteiger partial charge in [-0.1, -0.05) is 24.3 Å². The van der Waals surface area contributed by atoms with E-state index in [1.54, 1.807) is 12.1 Å². The third kappa shape index (κ3) is 5.75. The molecular weight excluding hydrogens is 409 g/mol. The Morgan fingerprint density at radius 2 is 1.74 bits per heavy atom. The molecule has 3 aromatic rings. The predicted molar refractivity (Wildman–Crippen MR) is 109 cm³/mol. The van der Waals surface area contributed by atoms with Crippen LogP contribution in [0.4, 0.5) is 13.2 Å². The summed E-state index contributed by atoms with van der Waals surface area (Å²) in [5, 5.41) is 0. The monoisotopic (exact) mass is 432 g/mol. The average Bonchev–Trinajstić information content (AvgIpc) is 3.16. The van der Waals surface area contributed by atoms with E-state index < -0.39 is 6.36 Å². The van der Waals surface area contributed by atoms with E-state index in [-0.39, 0.29) is 11.7 Å². The summed E-state index contributed by atoms with van der Waals surface area (Å²) < 4.78 is 40.6. The molecule has 0 spiro atoms. The molecule has 1 saturated heterocycles. The van der Waals surface area contributed by atoms with Crippen LogP contribution in [-0.4, -0.2) is 58.2 Å². The van der Waals surface area contributed by atoms with Crippen molar-refractivity contribution in [1.82, 2.24) is 19.8 Å². The number of amides is 1. The number of carbonyl (C=O) groups is 1. The van der Waals surface area contributed by atoms with Crippen LogP contribution in [0.25, 0.3) is 11.0 Å². The highest BCUT2D eigenvalue weighted by atomic mass is 19.4. The van der Waals surface area contributed by atoms with Crippen molar-refractivity contribution in [1.29, 1.82) is 0 Å². The summed E-state index contributed by atoms with van der Waals surface area (Å²) in [4.78, 5) is 24.4. The van der Waals surface area contributed by atoms with Crippen molar-refractivity contribution in [3.05, 3.63) is 59.9 Å². The van der Waals surface area contributed by atoms with Crippen molar-refractivity contribution < 1.29 is 22.7 Å². The van der Waals surface area contributed by atoms with Crippen molar-refractivity contribution in [3.8, 4) is 5.75 Å². The van der Waals surface area contributed by atoms with Crippen LogP contribution in [0.1, 0.15) is 17.8 Å². The minimum absolute atomic E-state index is 0.105. The van der Waals surface area contributed by atoms with E-state index in [1.165, 1.54) is 12.1 Å². The second-order valence-electron chi connectivity index (χ2n) is 7.55. The van der Waals surface area contributed by atoms with Crippen LogP contribution in [0.5, 0.6) is 5.75 Å². The quantitative estimate of drug-likeness (QED) is 0.645. The Morgan fingerprint density at radius 3 is 2.42 bits per heavy atom. The van der Waals surface area contributed by atoms with Crippen molar-refractivity contribution in [2.45, 2.75) is 25.7 Å². The third-order valence-corrected chi connectivity index (χ3v) is 5.30. The van der Waals surface area contributed by atoms with Gasteiger partial charge < -0.3 is 14.6 Å². The van der Waals surface area contributed by atoms with Crippen molar-refractivity contribution in [3.63, 3.8) is 0 Å². The smallest absolute Gasteiger partial charge is 0.406 e. The lowest BCUT2D eigenvalue weighted by atomic mass is 10.2. The molecule has 0 aliphatic carbocycles. The molecule has 31 heavy (non-hydrogen) atoms. The summed E-state index contributed by atoms with van der Waals surface area (Å²) >= 11 is 0. The number of halogens is 3. The summed E-state index contributed by atoms with van der Waals surface area (Å²) in [5.41, 5.74) is 2.77. The van der Waals surface area contributed by atoms with Gasteiger partial charge in [0.15, 0.2) is 0 Å². The Balaban J connectivity index is 1.22. The SMILES string of the molecule is O=C(CCc1nc2ccccc2[nH]1)N1CCN(Cc2ccc(OC(F)(F)F)cc2)CC1. The number of aryl methyl sites for hydroxylation is 1. The van der Waals surface area contributed by atoms with Gasteiger partial charge in [-0.3, -0.25) is 9.69 Å². The average molecular weight is 432 g/mol. The molecule has 0 unspecified atom stereocenters. The van der Waals surface area contributed by atoms with Crippen LogP contribution in [-0.2, 0) is 17.8 Å². The van der Waals surface area contributed by atoms with Gasteiger partial charge in [0.05, 0.1) is 11.0 Å². The van der Waals surface area contributed by atoms with Crippen LogP contribution in [0, 0.1) is 0 Å². The number of para-hydroxylation sites is 2. The Hall–Kier alpha value is -3.07. The molecular formula is C22H23F3N4O2. The summed E-state index contributed by atoms with van der Waals surface area (Å²) in [6.45, 7) is 3.32. The molecule has 0 bridgehead atoms. The van der Waals surface area contributed by atoms with E-state index in [9.17, 15) is 18.0 Å². The lowest BCUT2D eigenvalue weighted by Gasteiger charge is -2.34. The number of benzene rings is 2. The molecule has 0 atom stereocenters. The van der Waals surface area contributed by atoms with Gasteiger partial charge in [0, 0.05) is 45.6 Å². The fourth-order valence-electron chi connectivity index (χ4n) is 3.72. The minimum atomic E-state index is -4.69. The zero-order chi connectivity index (χ0) is 21.8. The molecule has 1 fully saturated rings. The molecule has 1 aliphatic rings. The van der Waals surface area contributed by atoms with Gasteiger partial charge in [0.2, 0.25) is 5.91 Å². The first-order valence-corrected chi connectivity index (χ1v) is 10.1. The van der Waals surface area contributed by atoms with E-state index in [1.807, 2.05) is 29.2 Å². The second kappa shape index (κ2) is 8.97. The molecule has 1 aliphatic heterocycles. The van der Waals surface area contributed by atoms with Crippen LogP contribution in [0.3, 0.4) is 0 Å². The summed E-state index contributed by atoms with van der Waals surface area (Å²) in [7, 11) is 0. The number of rotatable bonds is 6. The lowest BCUT2D eigenvalue weighted by Crippen LogP contribution is -2.48. The molecule has 1 amide bonds. The van der Waals surface area contributed by atoms with E-state index >= 15 is 0 Å². The highest BCUT2D eigenvalue weighted by Gasteiger charge is 2.31. The second-order valence-corrected chi connectivity index (χ2v) is 7.55. The van der Waals surface area contributed by atoms with E-state index in [0.29, 0.717) is 32.5 Å². The number of H-pyrrole nitrogens is 1. The van der Waals surface area contributed by atoms with Gasteiger partial charge in [-0.05, 0) is 29.8 Å². The lowest BCUT2D eigenvalue weighted by molar-refractivity contribution is -0.274. The number of hydrogen-bond donors (Lipinski definition) is 1. The van der Waals surface area contributed by atoms with Crippen LogP contribution in [0.2, 0.25) is 0 Å². The van der Waals surface area contributed by atoms with Crippen LogP contribution >= 0.6 is 0 Å². The first-order chi connectivity index (χ1) is 14.9. The summed E-state index contributed by atoms with van der Waals surface area (Å²) in [6.07, 6.45) is -3.71. The van der Waals surface area contributed by atoms with Gasteiger partial charge in [0.25, 0.3) is 0 Å². The van der Waals surface area contributed by atoms with Gasteiger partial charge in [-0.25, -0.2) is 4.98 Å². The molecule has 6 nitrogen and oxygen atoms in total. The number of piperazine rings is 1. The van der Waals surface area contributed by atoms with Crippen LogP contribution < -0.4 is 4.74 Å². The standard InChI is InChI=1S/C22H23F3N4O2/c23-22(24,25)31-17-7-5-16(6-8-17)15-28-11-13-29(14-12-28)21(30)10-9-20-26-18-3-1-2-4-19(18)27-20/h1-8H,9-15H2,(H,26,27). The molecule has 9 heteroatoms. The minimum Gasteiger partial charge on any atom is -0.406 e. The van der Waals surface area contributed by atoms with Crippen LogP contribution in [0.15, 0.2) is 48.5 Å². The van der Waals surface area contributed by atoms with Gasteiger partial charge in [-0.2, -0.15) is 0 Å². The van der Waals surface area contributed by atoms with E-state index in [2.05, 4.69) is 19.6 Å². The molecule has 2 aromatic carbocycles. The largest absolute Gasteiger partial charge is 0.573 e. The summed E-state index contributed by atoms with van der Waals surface area (Å²) in [6, 6.07) is 13.7.